The maximum atomic E-state index is 12.5. The molecule has 5 nitrogen and oxygen atoms in total. The predicted molar refractivity (Wildman–Crippen MR) is 85.7 cm³/mol. The maximum absolute atomic E-state index is 12.5. The molecule has 1 N–H and O–H groups in total. The summed E-state index contributed by atoms with van der Waals surface area (Å²) in [4.78, 5) is 4.26. The minimum Gasteiger partial charge on any atom is -0.441 e. The Morgan fingerprint density at radius 2 is 1.95 bits per heavy atom. The van der Waals surface area contributed by atoms with Gasteiger partial charge in [-0.2, -0.15) is 0 Å². The van der Waals surface area contributed by atoms with Crippen LogP contribution in [0.4, 0.5) is 5.69 Å². The standard InChI is InChI=1S/C15H13ClN2O3S/c1-9-12(16)4-3-5-13(9)18-22(19,20)11-6-7-15-14(8-11)17-10(2)21-15/h3-8,18H,1-2H3. The molecule has 0 aliphatic rings. The summed E-state index contributed by atoms with van der Waals surface area (Å²) in [5.74, 6) is 0.489. The van der Waals surface area contributed by atoms with E-state index in [9.17, 15) is 8.42 Å². The van der Waals surface area contributed by atoms with Crippen LogP contribution in [0, 0.1) is 13.8 Å². The number of halogens is 1. The first-order valence-electron chi connectivity index (χ1n) is 6.52. The van der Waals surface area contributed by atoms with Crippen LogP contribution in [0.3, 0.4) is 0 Å². The van der Waals surface area contributed by atoms with E-state index in [1.165, 1.54) is 12.1 Å². The molecule has 3 aromatic rings. The van der Waals surface area contributed by atoms with E-state index in [0.29, 0.717) is 33.3 Å². The van der Waals surface area contributed by atoms with Gasteiger partial charge in [0.2, 0.25) is 0 Å². The molecule has 0 fully saturated rings. The van der Waals surface area contributed by atoms with Crippen molar-refractivity contribution in [1.29, 1.82) is 0 Å². The minimum atomic E-state index is -3.73. The molecular weight excluding hydrogens is 324 g/mol. The van der Waals surface area contributed by atoms with Crippen molar-refractivity contribution < 1.29 is 12.8 Å². The van der Waals surface area contributed by atoms with E-state index in [1.807, 2.05) is 0 Å². The lowest BCUT2D eigenvalue weighted by Crippen LogP contribution is -2.13. The van der Waals surface area contributed by atoms with Crippen molar-refractivity contribution >= 4 is 38.4 Å². The summed E-state index contributed by atoms with van der Waals surface area (Å²) < 4.78 is 32.9. The number of nitrogens with zero attached hydrogens (tertiary/aromatic N) is 1. The number of anilines is 1. The summed E-state index contributed by atoms with van der Waals surface area (Å²) in [5, 5.41) is 0.503. The van der Waals surface area contributed by atoms with Crippen LogP contribution in [-0.2, 0) is 10.0 Å². The van der Waals surface area contributed by atoms with Gasteiger partial charge >= 0.3 is 0 Å². The molecular formula is C15H13ClN2O3S. The number of benzene rings is 2. The van der Waals surface area contributed by atoms with Crippen molar-refractivity contribution in [3.8, 4) is 0 Å². The smallest absolute Gasteiger partial charge is 0.261 e. The van der Waals surface area contributed by atoms with Gasteiger partial charge in [-0.3, -0.25) is 4.72 Å². The van der Waals surface area contributed by atoms with Crippen molar-refractivity contribution in [3.63, 3.8) is 0 Å². The fraction of sp³-hybridized carbons (Fsp3) is 0.133. The second-order valence-electron chi connectivity index (χ2n) is 4.88. The second-order valence-corrected chi connectivity index (χ2v) is 6.97. The van der Waals surface area contributed by atoms with E-state index in [1.54, 1.807) is 38.1 Å². The highest BCUT2D eigenvalue weighted by atomic mass is 35.5. The van der Waals surface area contributed by atoms with Crippen molar-refractivity contribution in [2.75, 3.05) is 4.72 Å². The van der Waals surface area contributed by atoms with Crippen LogP contribution in [-0.4, -0.2) is 13.4 Å². The zero-order chi connectivity index (χ0) is 15.9. The molecule has 0 bridgehead atoms. The number of sulfonamides is 1. The number of hydrogen-bond donors (Lipinski definition) is 1. The van der Waals surface area contributed by atoms with Gasteiger partial charge in [-0.15, -0.1) is 0 Å². The van der Waals surface area contributed by atoms with Crippen LogP contribution >= 0.6 is 11.6 Å². The minimum absolute atomic E-state index is 0.118. The monoisotopic (exact) mass is 336 g/mol. The molecule has 0 aliphatic heterocycles. The number of nitrogens with one attached hydrogen (secondary N) is 1. The van der Waals surface area contributed by atoms with Gasteiger partial charge in [0.25, 0.3) is 10.0 Å². The molecule has 0 saturated carbocycles. The number of hydrogen-bond acceptors (Lipinski definition) is 4. The SMILES string of the molecule is Cc1nc2cc(S(=O)(=O)Nc3cccc(Cl)c3C)ccc2o1. The molecule has 0 saturated heterocycles. The molecule has 3 rings (SSSR count). The second kappa shape index (κ2) is 5.30. The fourth-order valence-corrected chi connectivity index (χ4v) is 3.43. The van der Waals surface area contributed by atoms with Crippen LogP contribution in [0.25, 0.3) is 11.1 Å². The fourth-order valence-electron chi connectivity index (χ4n) is 2.11. The van der Waals surface area contributed by atoms with Gasteiger partial charge in [0.05, 0.1) is 10.6 Å². The Bertz CT molecular complexity index is 964. The van der Waals surface area contributed by atoms with Crippen LogP contribution in [0.15, 0.2) is 45.7 Å². The summed E-state index contributed by atoms with van der Waals surface area (Å²) in [5.41, 5.74) is 2.17. The Kier molecular flexibility index (Phi) is 3.58. The zero-order valence-corrected chi connectivity index (χ0v) is 13.5. The van der Waals surface area contributed by atoms with Crippen LogP contribution < -0.4 is 4.72 Å². The third kappa shape index (κ3) is 2.67. The molecule has 0 unspecified atom stereocenters. The van der Waals surface area contributed by atoms with Crippen molar-refractivity contribution in [2.45, 2.75) is 18.7 Å². The number of fused-ring (bicyclic) bond motifs is 1. The molecule has 0 amide bonds. The Labute approximate surface area is 133 Å². The van der Waals surface area contributed by atoms with Gasteiger partial charge in [0.15, 0.2) is 11.5 Å². The van der Waals surface area contributed by atoms with Gasteiger partial charge in [-0.25, -0.2) is 13.4 Å². The van der Waals surface area contributed by atoms with E-state index in [-0.39, 0.29) is 4.90 Å². The quantitative estimate of drug-likeness (QED) is 0.787. The van der Waals surface area contributed by atoms with Crippen LogP contribution in [0.1, 0.15) is 11.5 Å². The van der Waals surface area contributed by atoms with Gasteiger partial charge in [-0.1, -0.05) is 17.7 Å². The van der Waals surface area contributed by atoms with Crippen LogP contribution in [0.5, 0.6) is 0 Å². The Balaban J connectivity index is 2.02. The molecule has 2 aromatic carbocycles. The van der Waals surface area contributed by atoms with E-state index in [2.05, 4.69) is 9.71 Å². The molecule has 0 radical (unpaired) electrons. The van der Waals surface area contributed by atoms with Gasteiger partial charge in [0.1, 0.15) is 5.52 Å². The van der Waals surface area contributed by atoms with E-state index < -0.39 is 10.0 Å². The Morgan fingerprint density at radius 1 is 1.18 bits per heavy atom. The average molecular weight is 337 g/mol. The summed E-state index contributed by atoms with van der Waals surface area (Å²) in [6.45, 7) is 3.46. The summed E-state index contributed by atoms with van der Waals surface area (Å²) in [6.07, 6.45) is 0. The molecule has 0 atom stereocenters. The zero-order valence-electron chi connectivity index (χ0n) is 11.9. The lowest BCUT2D eigenvalue weighted by atomic mass is 10.2. The first-order chi connectivity index (χ1) is 10.4. The number of oxazole rings is 1. The third-order valence-electron chi connectivity index (χ3n) is 3.29. The number of rotatable bonds is 3. The van der Waals surface area contributed by atoms with Crippen molar-refractivity contribution in [2.24, 2.45) is 0 Å². The van der Waals surface area contributed by atoms with Gasteiger partial charge < -0.3 is 4.42 Å². The Hall–Kier alpha value is -2.05. The first-order valence-corrected chi connectivity index (χ1v) is 8.38. The van der Waals surface area contributed by atoms with Gasteiger partial charge in [-0.05, 0) is 42.8 Å². The molecule has 1 heterocycles. The number of aromatic nitrogens is 1. The van der Waals surface area contributed by atoms with Crippen LogP contribution in [0.2, 0.25) is 5.02 Å². The van der Waals surface area contributed by atoms with E-state index in [0.717, 1.165) is 0 Å². The first kappa shape index (κ1) is 14.9. The highest BCUT2D eigenvalue weighted by Crippen LogP contribution is 2.26. The molecule has 7 heteroatoms. The average Bonchev–Trinajstić information content (AvgIpc) is 2.82. The molecule has 0 spiro atoms. The maximum Gasteiger partial charge on any atom is 0.261 e. The number of aryl methyl sites for hydroxylation is 1. The summed E-state index contributed by atoms with van der Waals surface area (Å²) >= 11 is 6.01. The van der Waals surface area contributed by atoms with Gasteiger partial charge in [0, 0.05) is 11.9 Å². The van der Waals surface area contributed by atoms with E-state index >= 15 is 0 Å². The Morgan fingerprint density at radius 3 is 2.73 bits per heavy atom. The molecule has 0 aliphatic carbocycles. The normalized spacial score (nSPS) is 11.8. The van der Waals surface area contributed by atoms with E-state index in [4.69, 9.17) is 16.0 Å². The predicted octanol–water partition coefficient (Wildman–Crippen LogP) is 3.90. The summed E-state index contributed by atoms with van der Waals surface area (Å²) in [6, 6.07) is 9.62. The lowest BCUT2D eigenvalue weighted by Gasteiger charge is -2.11. The van der Waals surface area contributed by atoms with Crippen molar-refractivity contribution in [3.05, 3.63) is 52.9 Å². The highest BCUT2D eigenvalue weighted by Gasteiger charge is 2.17. The molecule has 114 valence electrons. The largest absolute Gasteiger partial charge is 0.441 e. The summed E-state index contributed by atoms with van der Waals surface area (Å²) in [7, 11) is -3.73. The molecule has 22 heavy (non-hydrogen) atoms. The lowest BCUT2D eigenvalue weighted by molar-refractivity contribution is 0.561. The topological polar surface area (TPSA) is 72.2 Å². The molecule has 1 aromatic heterocycles. The highest BCUT2D eigenvalue weighted by molar-refractivity contribution is 7.92. The van der Waals surface area contributed by atoms with Crippen molar-refractivity contribution in [1.82, 2.24) is 4.98 Å². The third-order valence-corrected chi connectivity index (χ3v) is 5.06.